The number of hydrogen-bond acceptors (Lipinski definition) is 2. The van der Waals surface area contributed by atoms with Crippen molar-refractivity contribution in [2.75, 3.05) is 5.32 Å². The lowest BCUT2D eigenvalue weighted by molar-refractivity contribution is -0.114. The van der Waals surface area contributed by atoms with Gasteiger partial charge in [-0.05, 0) is 29.3 Å². The number of halogens is 1. The second-order valence-corrected chi connectivity index (χ2v) is 5.43. The molecule has 0 saturated heterocycles. The van der Waals surface area contributed by atoms with Crippen molar-refractivity contribution in [3.8, 4) is 0 Å². The SMILES string of the molecule is CC(=O)Nc1ccc(CNCc2ccccc2Br)cc1. The van der Waals surface area contributed by atoms with Crippen molar-refractivity contribution in [2.24, 2.45) is 0 Å². The highest BCUT2D eigenvalue weighted by Crippen LogP contribution is 2.15. The molecule has 2 rings (SSSR count). The predicted molar refractivity (Wildman–Crippen MR) is 85.4 cm³/mol. The van der Waals surface area contributed by atoms with Crippen LogP contribution in [-0.2, 0) is 17.9 Å². The van der Waals surface area contributed by atoms with Crippen LogP contribution in [0.15, 0.2) is 53.0 Å². The summed E-state index contributed by atoms with van der Waals surface area (Å²) >= 11 is 3.53. The largest absolute Gasteiger partial charge is 0.326 e. The lowest BCUT2D eigenvalue weighted by Gasteiger charge is -2.08. The van der Waals surface area contributed by atoms with Gasteiger partial charge in [0.05, 0.1) is 0 Å². The monoisotopic (exact) mass is 332 g/mol. The van der Waals surface area contributed by atoms with Crippen molar-refractivity contribution in [1.82, 2.24) is 5.32 Å². The molecule has 104 valence electrons. The van der Waals surface area contributed by atoms with Crippen LogP contribution < -0.4 is 10.6 Å². The second kappa shape index (κ2) is 7.22. The van der Waals surface area contributed by atoms with Gasteiger partial charge in [0.2, 0.25) is 5.91 Å². The van der Waals surface area contributed by atoms with E-state index in [0.717, 1.165) is 23.2 Å². The van der Waals surface area contributed by atoms with E-state index in [1.165, 1.54) is 18.1 Å². The van der Waals surface area contributed by atoms with Crippen LogP contribution >= 0.6 is 15.9 Å². The molecule has 0 radical (unpaired) electrons. The zero-order valence-electron chi connectivity index (χ0n) is 11.3. The average molecular weight is 333 g/mol. The van der Waals surface area contributed by atoms with Crippen LogP contribution in [0.25, 0.3) is 0 Å². The average Bonchev–Trinajstić information content (AvgIpc) is 2.42. The first kappa shape index (κ1) is 14.8. The van der Waals surface area contributed by atoms with E-state index in [1.54, 1.807) is 0 Å². The van der Waals surface area contributed by atoms with Crippen molar-refractivity contribution in [1.29, 1.82) is 0 Å². The molecular weight excluding hydrogens is 316 g/mol. The predicted octanol–water partition coefficient (Wildman–Crippen LogP) is 3.70. The molecule has 20 heavy (non-hydrogen) atoms. The Morgan fingerprint density at radius 3 is 2.40 bits per heavy atom. The van der Waals surface area contributed by atoms with Gasteiger partial charge in [0, 0.05) is 30.2 Å². The maximum atomic E-state index is 10.9. The molecule has 1 amide bonds. The van der Waals surface area contributed by atoms with Crippen molar-refractivity contribution in [3.05, 3.63) is 64.1 Å². The molecule has 2 N–H and O–H groups in total. The molecule has 2 aromatic rings. The van der Waals surface area contributed by atoms with Crippen LogP contribution in [-0.4, -0.2) is 5.91 Å². The summed E-state index contributed by atoms with van der Waals surface area (Å²) in [6, 6.07) is 16.0. The summed E-state index contributed by atoms with van der Waals surface area (Å²) < 4.78 is 1.12. The Kier molecular flexibility index (Phi) is 5.32. The smallest absolute Gasteiger partial charge is 0.221 e. The number of carbonyl (C=O) groups is 1. The molecule has 0 bridgehead atoms. The first-order valence-corrected chi connectivity index (χ1v) is 7.25. The van der Waals surface area contributed by atoms with E-state index in [9.17, 15) is 4.79 Å². The minimum atomic E-state index is -0.0511. The van der Waals surface area contributed by atoms with Gasteiger partial charge >= 0.3 is 0 Å². The molecule has 0 heterocycles. The van der Waals surface area contributed by atoms with Crippen molar-refractivity contribution >= 4 is 27.5 Å². The molecule has 2 aromatic carbocycles. The third kappa shape index (κ3) is 4.47. The van der Waals surface area contributed by atoms with Crippen molar-refractivity contribution in [3.63, 3.8) is 0 Å². The fourth-order valence-electron chi connectivity index (χ4n) is 1.89. The van der Waals surface area contributed by atoms with Crippen LogP contribution in [0.4, 0.5) is 5.69 Å². The van der Waals surface area contributed by atoms with E-state index >= 15 is 0 Å². The van der Waals surface area contributed by atoms with E-state index in [4.69, 9.17) is 0 Å². The van der Waals surface area contributed by atoms with Gasteiger partial charge < -0.3 is 10.6 Å². The van der Waals surface area contributed by atoms with Crippen molar-refractivity contribution < 1.29 is 4.79 Å². The third-order valence-electron chi connectivity index (χ3n) is 2.88. The molecule has 0 aliphatic heterocycles. The first-order chi connectivity index (χ1) is 9.65. The van der Waals surface area contributed by atoms with Crippen LogP contribution in [0.1, 0.15) is 18.1 Å². The highest BCUT2D eigenvalue weighted by molar-refractivity contribution is 9.10. The maximum Gasteiger partial charge on any atom is 0.221 e. The fourth-order valence-corrected chi connectivity index (χ4v) is 2.32. The Morgan fingerprint density at radius 2 is 1.75 bits per heavy atom. The molecular formula is C16H17BrN2O. The van der Waals surface area contributed by atoms with E-state index in [0.29, 0.717) is 0 Å². The van der Waals surface area contributed by atoms with Crippen LogP contribution in [0.3, 0.4) is 0 Å². The van der Waals surface area contributed by atoms with Crippen molar-refractivity contribution in [2.45, 2.75) is 20.0 Å². The Bertz CT molecular complexity index is 581. The summed E-state index contributed by atoms with van der Waals surface area (Å²) in [6.07, 6.45) is 0. The normalized spacial score (nSPS) is 10.3. The van der Waals surface area contributed by atoms with E-state index in [1.807, 2.05) is 42.5 Å². The standard InChI is InChI=1S/C16H17BrN2O/c1-12(20)19-15-8-6-13(7-9-15)10-18-11-14-4-2-3-5-16(14)17/h2-9,18H,10-11H2,1H3,(H,19,20). The van der Waals surface area contributed by atoms with Crippen LogP contribution in [0.2, 0.25) is 0 Å². The summed E-state index contributed by atoms with van der Waals surface area (Å²) in [5.74, 6) is -0.0511. The Hall–Kier alpha value is -1.65. The van der Waals surface area contributed by atoms with E-state index < -0.39 is 0 Å². The summed E-state index contributed by atoms with van der Waals surface area (Å²) in [7, 11) is 0. The molecule has 0 saturated carbocycles. The number of hydrogen-bond donors (Lipinski definition) is 2. The minimum absolute atomic E-state index is 0.0511. The number of rotatable bonds is 5. The Morgan fingerprint density at radius 1 is 1.05 bits per heavy atom. The van der Waals surface area contributed by atoms with Gasteiger partial charge in [-0.1, -0.05) is 46.3 Å². The van der Waals surface area contributed by atoms with Gasteiger partial charge in [0.25, 0.3) is 0 Å². The number of anilines is 1. The zero-order chi connectivity index (χ0) is 14.4. The number of amides is 1. The molecule has 0 spiro atoms. The molecule has 0 aliphatic carbocycles. The van der Waals surface area contributed by atoms with Gasteiger partial charge in [-0.2, -0.15) is 0 Å². The van der Waals surface area contributed by atoms with Crippen LogP contribution in [0, 0.1) is 0 Å². The van der Waals surface area contributed by atoms with E-state index in [2.05, 4.69) is 32.6 Å². The molecule has 0 aliphatic rings. The summed E-state index contributed by atoms with van der Waals surface area (Å²) in [6.45, 7) is 3.11. The lowest BCUT2D eigenvalue weighted by Crippen LogP contribution is -2.13. The molecule has 0 atom stereocenters. The van der Waals surface area contributed by atoms with Gasteiger partial charge in [-0.15, -0.1) is 0 Å². The molecule has 0 unspecified atom stereocenters. The molecule has 0 fully saturated rings. The highest BCUT2D eigenvalue weighted by atomic mass is 79.9. The van der Waals surface area contributed by atoms with Gasteiger partial charge in [0.15, 0.2) is 0 Å². The van der Waals surface area contributed by atoms with Gasteiger partial charge in [-0.25, -0.2) is 0 Å². The quantitative estimate of drug-likeness (QED) is 0.876. The Balaban J connectivity index is 1.85. The molecule has 3 nitrogen and oxygen atoms in total. The first-order valence-electron chi connectivity index (χ1n) is 6.46. The molecule has 4 heteroatoms. The summed E-state index contributed by atoms with van der Waals surface area (Å²) in [4.78, 5) is 10.9. The topological polar surface area (TPSA) is 41.1 Å². The summed E-state index contributed by atoms with van der Waals surface area (Å²) in [5, 5.41) is 6.16. The Labute approximate surface area is 127 Å². The summed E-state index contributed by atoms with van der Waals surface area (Å²) in [5.41, 5.74) is 3.25. The third-order valence-corrected chi connectivity index (χ3v) is 3.65. The lowest BCUT2D eigenvalue weighted by atomic mass is 10.2. The second-order valence-electron chi connectivity index (χ2n) is 4.57. The maximum absolute atomic E-state index is 10.9. The number of carbonyl (C=O) groups excluding carboxylic acids is 1. The fraction of sp³-hybridized carbons (Fsp3) is 0.188. The van der Waals surface area contributed by atoms with E-state index in [-0.39, 0.29) is 5.91 Å². The van der Waals surface area contributed by atoms with Gasteiger partial charge in [0.1, 0.15) is 0 Å². The number of benzene rings is 2. The minimum Gasteiger partial charge on any atom is -0.326 e. The van der Waals surface area contributed by atoms with Gasteiger partial charge in [-0.3, -0.25) is 4.79 Å². The van der Waals surface area contributed by atoms with Crippen LogP contribution in [0.5, 0.6) is 0 Å². The molecule has 0 aromatic heterocycles. The zero-order valence-corrected chi connectivity index (χ0v) is 12.9. The number of nitrogens with one attached hydrogen (secondary N) is 2. The highest BCUT2D eigenvalue weighted by Gasteiger charge is 1.99.